The van der Waals surface area contributed by atoms with Crippen molar-refractivity contribution < 1.29 is 9.90 Å². The highest BCUT2D eigenvalue weighted by atomic mass is 16.3. The molecule has 1 aromatic rings. The third-order valence-corrected chi connectivity index (χ3v) is 4.75. The zero-order chi connectivity index (χ0) is 14.8. The molecule has 114 valence electrons. The molecule has 4 atom stereocenters. The quantitative estimate of drug-likeness (QED) is 0.897. The molecule has 1 aliphatic heterocycles. The molecular weight excluding hydrogens is 264 g/mol. The van der Waals surface area contributed by atoms with E-state index in [1.165, 1.54) is 5.56 Å². The first kappa shape index (κ1) is 14.4. The number of carbonyl (C=O) groups excluding carboxylic acids is 1. The van der Waals surface area contributed by atoms with Crippen molar-refractivity contribution in [2.45, 2.75) is 44.2 Å². The fourth-order valence-electron chi connectivity index (χ4n) is 3.26. The minimum Gasteiger partial charge on any atom is -0.393 e. The Kier molecular flexibility index (Phi) is 4.15. The number of nitrogens with zero attached hydrogens (tertiary/aromatic N) is 1. The highest BCUT2D eigenvalue weighted by Gasteiger charge is 2.40. The maximum absolute atomic E-state index is 12.3. The van der Waals surface area contributed by atoms with Gasteiger partial charge in [-0.1, -0.05) is 30.3 Å². The van der Waals surface area contributed by atoms with Crippen LogP contribution in [0.15, 0.2) is 30.3 Å². The number of aliphatic hydroxyl groups excluding tert-OH is 1. The second kappa shape index (κ2) is 6.06. The number of rotatable bonds is 3. The van der Waals surface area contributed by atoms with Crippen molar-refractivity contribution in [2.24, 2.45) is 5.92 Å². The molecule has 1 aromatic carbocycles. The summed E-state index contributed by atoms with van der Waals surface area (Å²) in [6.45, 7) is 3.29. The van der Waals surface area contributed by atoms with Crippen LogP contribution in [0, 0.1) is 5.92 Å². The second-order valence-electron chi connectivity index (χ2n) is 6.40. The normalized spacial score (nSPS) is 29.8. The van der Waals surface area contributed by atoms with Gasteiger partial charge >= 0.3 is 6.03 Å². The highest BCUT2D eigenvalue weighted by molar-refractivity contribution is 5.75. The molecule has 2 amide bonds. The lowest BCUT2D eigenvalue weighted by Crippen LogP contribution is -2.48. The second-order valence-corrected chi connectivity index (χ2v) is 6.40. The van der Waals surface area contributed by atoms with Crippen LogP contribution in [0.3, 0.4) is 0 Å². The zero-order valence-electron chi connectivity index (χ0n) is 12.5. The Morgan fingerprint density at radius 2 is 2.14 bits per heavy atom. The first-order chi connectivity index (χ1) is 10.1. The van der Waals surface area contributed by atoms with E-state index in [2.05, 4.69) is 17.4 Å². The van der Waals surface area contributed by atoms with Crippen LogP contribution in [0.25, 0.3) is 0 Å². The molecule has 1 aliphatic carbocycles. The van der Waals surface area contributed by atoms with Crippen molar-refractivity contribution in [1.29, 1.82) is 0 Å². The third-order valence-electron chi connectivity index (χ3n) is 4.75. The molecule has 0 spiro atoms. The number of amides is 2. The number of hydrogen-bond donors (Lipinski definition) is 2. The summed E-state index contributed by atoms with van der Waals surface area (Å²) in [5, 5.41) is 12.8. The Morgan fingerprint density at radius 3 is 2.86 bits per heavy atom. The number of piperidine rings is 1. The van der Waals surface area contributed by atoms with Gasteiger partial charge in [0.25, 0.3) is 0 Å². The Bertz CT molecular complexity index is 489. The van der Waals surface area contributed by atoms with E-state index in [1.807, 2.05) is 30.0 Å². The lowest BCUT2D eigenvalue weighted by molar-refractivity contribution is 0.0738. The van der Waals surface area contributed by atoms with Gasteiger partial charge in [0.05, 0.1) is 6.10 Å². The van der Waals surface area contributed by atoms with Crippen LogP contribution >= 0.6 is 0 Å². The van der Waals surface area contributed by atoms with Gasteiger partial charge < -0.3 is 15.3 Å². The minimum atomic E-state index is -0.335. The first-order valence-corrected chi connectivity index (χ1v) is 7.93. The largest absolute Gasteiger partial charge is 0.393 e. The predicted molar refractivity (Wildman–Crippen MR) is 82.1 cm³/mol. The van der Waals surface area contributed by atoms with Crippen molar-refractivity contribution in [2.75, 3.05) is 13.1 Å². The van der Waals surface area contributed by atoms with Crippen LogP contribution in [0.4, 0.5) is 4.79 Å². The summed E-state index contributed by atoms with van der Waals surface area (Å²) >= 11 is 0. The highest BCUT2D eigenvalue weighted by Crippen LogP contribution is 2.40. The third kappa shape index (κ3) is 3.38. The Hall–Kier alpha value is -1.55. The van der Waals surface area contributed by atoms with Gasteiger partial charge in [0, 0.05) is 31.0 Å². The van der Waals surface area contributed by atoms with E-state index in [9.17, 15) is 9.90 Å². The van der Waals surface area contributed by atoms with Gasteiger partial charge in [-0.3, -0.25) is 0 Å². The summed E-state index contributed by atoms with van der Waals surface area (Å²) in [6.07, 6.45) is 2.69. The molecule has 4 nitrogen and oxygen atoms in total. The molecule has 3 rings (SSSR count). The summed E-state index contributed by atoms with van der Waals surface area (Å²) in [4.78, 5) is 14.2. The number of carbonyl (C=O) groups is 1. The van der Waals surface area contributed by atoms with Gasteiger partial charge in [-0.2, -0.15) is 0 Å². The van der Waals surface area contributed by atoms with Gasteiger partial charge in [-0.05, 0) is 31.7 Å². The minimum absolute atomic E-state index is 0.0313. The van der Waals surface area contributed by atoms with E-state index in [4.69, 9.17) is 0 Å². The van der Waals surface area contributed by atoms with Crippen LogP contribution in [0.1, 0.15) is 37.7 Å². The summed E-state index contributed by atoms with van der Waals surface area (Å²) in [5.74, 6) is 0.682. The average Bonchev–Trinajstić information content (AvgIpc) is 3.27. The molecule has 21 heavy (non-hydrogen) atoms. The van der Waals surface area contributed by atoms with E-state index in [0.29, 0.717) is 12.5 Å². The molecule has 1 saturated carbocycles. The standard InChI is InChI=1S/C17H24N2O2/c1-12(20)14-8-5-9-19(11-14)17(21)18-16-10-15(16)13-6-3-2-4-7-13/h2-4,6-7,12,14-16,20H,5,8-11H2,1H3,(H,18,21). The van der Waals surface area contributed by atoms with E-state index < -0.39 is 0 Å². The van der Waals surface area contributed by atoms with Crippen LogP contribution in [0.5, 0.6) is 0 Å². The van der Waals surface area contributed by atoms with Crippen molar-refractivity contribution in [3.8, 4) is 0 Å². The first-order valence-electron chi connectivity index (χ1n) is 7.93. The SMILES string of the molecule is CC(O)C1CCCN(C(=O)NC2CC2c2ccccc2)C1. The molecule has 2 fully saturated rings. The Balaban J connectivity index is 1.51. The lowest BCUT2D eigenvalue weighted by atomic mass is 9.94. The Morgan fingerprint density at radius 1 is 1.38 bits per heavy atom. The van der Waals surface area contributed by atoms with Crippen molar-refractivity contribution in [1.82, 2.24) is 10.2 Å². The number of urea groups is 1. The summed E-state index contributed by atoms with van der Waals surface area (Å²) in [5.41, 5.74) is 1.31. The molecule has 2 N–H and O–H groups in total. The number of benzene rings is 1. The van der Waals surface area contributed by atoms with Crippen molar-refractivity contribution in [3.05, 3.63) is 35.9 Å². The maximum atomic E-state index is 12.3. The smallest absolute Gasteiger partial charge is 0.317 e. The van der Waals surface area contributed by atoms with Crippen molar-refractivity contribution in [3.63, 3.8) is 0 Å². The molecular formula is C17H24N2O2. The molecule has 1 heterocycles. The van der Waals surface area contributed by atoms with Gasteiger partial charge in [-0.25, -0.2) is 4.79 Å². The fourth-order valence-corrected chi connectivity index (χ4v) is 3.26. The van der Waals surface area contributed by atoms with Crippen LogP contribution in [-0.4, -0.2) is 41.3 Å². The summed E-state index contributed by atoms with van der Waals surface area (Å²) in [6, 6.07) is 10.7. The predicted octanol–water partition coefficient (Wildman–Crippen LogP) is 2.34. The number of nitrogens with one attached hydrogen (secondary N) is 1. The fraction of sp³-hybridized carbons (Fsp3) is 0.588. The average molecular weight is 288 g/mol. The topological polar surface area (TPSA) is 52.6 Å². The molecule has 2 aliphatic rings. The lowest BCUT2D eigenvalue weighted by Gasteiger charge is -2.34. The summed E-state index contributed by atoms with van der Waals surface area (Å²) < 4.78 is 0. The molecule has 4 heteroatoms. The number of hydrogen-bond acceptors (Lipinski definition) is 2. The molecule has 1 saturated heterocycles. The molecule has 0 aromatic heterocycles. The zero-order valence-corrected chi connectivity index (χ0v) is 12.5. The molecule has 4 unspecified atom stereocenters. The number of aliphatic hydroxyl groups is 1. The molecule has 0 bridgehead atoms. The van der Waals surface area contributed by atoms with E-state index in [0.717, 1.165) is 25.8 Å². The van der Waals surface area contributed by atoms with Crippen LogP contribution in [0.2, 0.25) is 0 Å². The van der Waals surface area contributed by atoms with E-state index in [-0.39, 0.29) is 24.1 Å². The number of likely N-dealkylation sites (tertiary alicyclic amines) is 1. The molecule has 0 radical (unpaired) electrons. The van der Waals surface area contributed by atoms with E-state index >= 15 is 0 Å². The van der Waals surface area contributed by atoms with Crippen LogP contribution in [-0.2, 0) is 0 Å². The Labute approximate surface area is 126 Å². The monoisotopic (exact) mass is 288 g/mol. The van der Waals surface area contributed by atoms with Gasteiger partial charge in [0.2, 0.25) is 0 Å². The van der Waals surface area contributed by atoms with E-state index in [1.54, 1.807) is 0 Å². The van der Waals surface area contributed by atoms with Crippen LogP contribution < -0.4 is 5.32 Å². The van der Waals surface area contributed by atoms with Gasteiger partial charge in [0.1, 0.15) is 0 Å². The van der Waals surface area contributed by atoms with Crippen molar-refractivity contribution >= 4 is 6.03 Å². The van der Waals surface area contributed by atoms with Gasteiger partial charge in [-0.15, -0.1) is 0 Å². The summed E-state index contributed by atoms with van der Waals surface area (Å²) in [7, 11) is 0. The maximum Gasteiger partial charge on any atom is 0.317 e. The van der Waals surface area contributed by atoms with Gasteiger partial charge in [0.15, 0.2) is 0 Å².